The largest absolute Gasteiger partial charge is 0.377 e. The Kier molecular flexibility index (Phi) is 6.07. The van der Waals surface area contributed by atoms with Crippen molar-refractivity contribution in [2.75, 3.05) is 19.6 Å². The van der Waals surface area contributed by atoms with Gasteiger partial charge in [-0.05, 0) is 62.5 Å². The van der Waals surface area contributed by atoms with Crippen molar-refractivity contribution in [2.45, 2.75) is 26.2 Å². The molecule has 3 rings (SSSR count). The lowest BCUT2D eigenvalue weighted by Gasteiger charge is -2.28. The second kappa shape index (κ2) is 8.67. The van der Waals surface area contributed by atoms with Gasteiger partial charge in [0.05, 0.1) is 6.54 Å². The highest BCUT2D eigenvalue weighted by molar-refractivity contribution is 5.78. The Hall–Kier alpha value is -2.33. The normalized spacial score (nSPS) is 14.9. The first-order valence-electron chi connectivity index (χ1n) is 9.09. The molecule has 0 saturated carbocycles. The van der Waals surface area contributed by atoms with Crippen LogP contribution in [0, 0.1) is 5.92 Å². The van der Waals surface area contributed by atoms with Crippen LogP contribution in [0.4, 0.5) is 0 Å². The predicted octanol–water partition coefficient (Wildman–Crippen LogP) is 3.42. The van der Waals surface area contributed by atoms with Crippen molar-refractivity contribution in [3.05, 3.63) is 65.7 Å². The van der Waals surface area contributed by atoms with Crippen molar-refractivity contribution in [2.24, 2.45) is 5.92 Å². The van der Waals surface area contributed by atoms with Gasteiger partial charge in [0.1, 0.15) is 0 Å². The molecule has 1 saturated heterocycles. The smallest absolute Gasteiger partial charge is 0.258 e. The minimum Gasteiger partial charge on any atom is -0.377 e. The number of piperidine rings is 1. The van der Waals surface area contributed by atoms with Crippen LogP contribution in [0.2, 0.25) is 0 Å². The Bertz CT molecular complexity index is 664. The number of carbonyl (C=O) groups is 1. The third-order valence-electron chi connectivity index (χ3n) is 4.61. The van der Waals surface area contributed by atoms with Crippen LogP contribution in [-0.2, 0) is 11.2 Å². The molecule has 1 aliphatic heterocycles. The van der Waals surface area contributed by atoms with E-state index in [9.17, 15) is 4.79 Å². The van der Waals surface area contributed by atoms with Crippen molar-refractivity contribution < 1.29 is 9.63 Å². The quantitative estimate of drug-likeness (QED) is 0.821. The number of carbonyl (C=O) groups excluding carboxylic acids is 1. The fourth-order valence-electron chi connectivity index (χ4n) is 3.16. The van der Waals surface area contributed by atoms with E-state index >= 15 is 0 Å². The van der Waals surface area contributed by atoms with Gasteiger partial charge in [-0.15, -0.1) is 0 Å². The summed E-state index contributed by atoms with van der Waals surface area (Å²) in [6.45, 7) is 4.31. The van der Waals surface area contributed by atoms with E-state index in [1.807, 2.05) is 25.1 Å². The summed E-state index contributed by atoms with van der Waals surface area (Å²) >= 11 is 0. The summed E-state index contributed by atoms with van der Waals surface area (Å²) in [5, 5.41) is 4.79. The number of hydrogen-bond acceptors (Lipinski definition) is 3. The molecule has 0 radical (unpaired) electrons. The maximum absolute atomic E-state index is 12.6. The maximum Gasteiger partial charge on any atom is 0.258 e. The van der Waals surface area contributed by atoms with Gasteiger partial charge in [0.2, 0.25) is 0 Å². The molecule has 0 unspecified atom stereocenters. The topological polar surface area (TPSA) is 41.6 Å². The SMILES string of the molecule is CCN(Oc1ccc(Cc2ccccc2)cc1)C(=O)C1CCNCC1. The number of hydrogen-bond donors (Lipinski definition) is 1. The molecule has 0 aliphatic carbocycles. The van der Waals surface area contributed by atoms with Crippen LogP contribution in [0.1, 0.15) is 30.9 Å². The minimum atomic E-state index is 0.0681. The molecule has 0 aromatic heterocycles. The summed E-state index contributed by atoms with van der Waals surface area (Å²) in [6.07, 6.45) is 2.66. The Morgan fingerprint density at radius 3 is 2.32 bits per heavy atom. The van der Waals surface area contributed by atoms with Gasteiger partial charge in [0, 0.05) is 5.92 Å². The zero-order valence-electron chi connectivity index (χ0n) is 14.8. The third-order valence-corrected chi connectivity index (χ3v) is 4.61. The molecule has 2 aromatic rings. The van der Waals surface area contributed by atoms with E-state index in [2.05, 4.69) is 41.7 Å². The van der Waals surface area contributed by atoms with E-state index in [1.165, 1.54) is 16.2 Å². The second-order valence-electron chi connectivity index (χ2n) is 6.45. The number of nitrogens with one attached hydrogen (secondary N) is 1. The fourth-order valence-corrected chi connectivity index (χ4v) is 3.16. The van der Waals surface area contributed by atoms with E-state index in [0.29, 0.717) is 12.3 Å². The summed E-state index contributed by atoms with van der Waals surface area (Å²) in [6, 6.07) is 18.4. The monoisotopic (exact) mass is 338 g/mol. The highest BCUT2D eigenvalue weighted by Crippen LogP contribution is 2.19. The summed E-state index contributed by atoms with van der Waals surface area (Å²) in [5.41, 5.74) is 2.51. The number of nitrogens with zero attached hydrogens (tertiary/aromatic N) is 1. The van der Waals surface area contributed by atoms with Crippen LogP contribution in [0.3, 0.4) is 0 Å². The van der Waals surface area contributed by atoms with Crippen molar-refractivity contribution in [3.63, 3.8) is 0 Å². The van der Waals surface area contributed by atoms with Crippen LogP contribution in [0.25, 0.3) is 0 Å². The first-order chi connectivity index (χ1) is 12.3. The Balaban J connectivity index is 1.60. The Morgan fingerprint density at radius 2 is 1.68 bits per heavy atom. The molecule has 4 heteroatoms. The average Bonchev–Trinajstić information content (AvgIpc) is 2.68. The molecule has 1 heterocycles. The van der Waals surface area contributed by atoms with Gasteiger partial charge < -0.3 is 10.2 Å². The predicted molar refractivity (Wildman–Crippen MR) is 99.3 cm³/mol. The highest BCUT2D eigenvalue weighted by atomic mass is 16.7. The molecule has 132 valence electrons. The number of benzene rings is 2. The van der Waals surface area contributed by atoms with Crippen LogP contribution in [0.5, 0.6) is 5.75 Å². The molecule has 1 N–H and O–H groups in total. The average molecular weight is 338 g/mol. The standard InChI is InChI=1S/C21H26N2O2/c1-2-23(21(24)19-12-14-22-15-13-19)25-20-10-8-18(9-11-20)16-17-6-4-3-5-7-17/h3-11,19,22H,2,12-16H2,1H3. The summed E-state index contributed by atoms with van der Waals surface area (Å²) in [7, 11) is 0. The second-order valence-corrected chi connectivity index (χ2v) is 6.45. The first-order valence-corrected chi connectivity index (χ1v) is 9.09. The molecule has 4 nitrogen and oxygen atoms in total. The summed E-state index contributed by atoms with van der Waals surface area (Å²) < 4.78 is 0. The lowest BCUT2D eigenvalue weighted by atomic mass is 9.97. The molecule has 1 amide bonds. The minimum absolute atomic E-state index is 0.0681. The van der Waals surface area contributed by atoms with Gasteiger partial charge >= 0.3 is 0 Å². The van der Waals surface area contributed by atoms with Gasteiger partial charge in [-0.2, -0.15) is 5.06 Å². The van der Waals surface area contributed by atoms with Crippen molar-refractivity contribution in [3.8, 4) is 5.75 Å². The molecule has 0 bridgehead atoms. The molecule has 0 spiro atoms. The van der Waals surface area contributed by atoms with Crippen molar-refractivity contribution >= 4 is 5.91 Å². The Labute approximate surface area is 149 Å². The van der Waals surface area contributed by atoms with Gasteiger partial charge in [0.15, 0.2) is 5.75 Å². The molecule has 2 aromatic carbocycles. The van der Waals surface area contributed by atoms with Crippen LogP contribution in [0.15, 0.2) is 54.6 Å². The number of hydroxylamine groups is 2. The highest BCUT2D eigenvalue weighted by Gasteiger charge is 2.26. The summed E-state index contributed by atoms with van der Waals surface area (Å²) in [5.74, 6) is 0.872. The molecule has 25 heavy (non-hydrogen) atoms. The third kappa shape index (κ3) is 4.83. The van der Waals surface area contributed by atoms with Gasteiger partial charge in [0.25, 0.3) is 5.91 Å². The zero-order valence-corrected chi connectivity index (χ0v) is 14.8. The van der Waals surface area contributed by atoms with Crippen LogP contribution in [-0.4, -0.2) is 30.6 Å². The van der Waals surface area contributed by atoms with Crippen molar-refractivity contribution in [1.82, 2.24) is 10.4 Å². The number of rotatable bonds is 6. The fraction of sp³-hybridized carbons (Fsp3) is 0.381. The van der Waals surface area contributed by atoms with E-state index in [0.717, 1.165) is 32.4 Å². The maximum atomic E-state index is 12.6. The van der Waals surface area contributed by atoms with Gasteiger partial charge in [-0.1, -0.05) is 42.5 Å². The van der Waals surface area contributed by atoms with E-state index < -0.39 is 0 Å². The van der Waals surface area contributed by atoms with E-state index in [1.54, 1.807) is 0 Å². The van der Waals surface area contributed by atoms with E-state index in [4.69, 9.17) is 4.84 Å². The zero-order chi connectivity index (χ0) is 17.5. The van der Waals surface area contributed by atoms with Gasteiger partial charge in [-0.25, -0.2) is 0 Å². The molecule has 1 fully saturated rings. The van der Waals surface area contributed by atoms with Gasteiger partial charge in [-0.3, -0.25) is 4.79 Å². The van der Waals surface area contributed by atoms with E-state index in [-0.39, 0.29) is 11.8 Å². The molecule has 1 aliphatic rings. The Morgan fingerprint density at radius 1 is 1.04 bits per heavy atom. The summed E-state index contributed by atoms with van der Waals surface area (Å²) in [4.78, 5) is 18.5. The lowest BCUT2D eigenvalue weighted by molar-refractivity contribution is -0.162. The number of amides is 1. The van der Waals surface area contributed by atoms with Crippen LogP contribution < -0.4 is 10.2 Å². The van der Waals surface area contributed by atoms with Crippen molar-refractivity contribution in [1.29, 1.82) is 0 Å². The lowest BCUT2D eigenvalue weighted by Crippen LogP contribution is -2.42. The van der Waals surface area contributed by atoms with Crippen LogP contribution >= 0.6 is 0 Å². The first kappa shape index (κ1) is 17.5. The molecular weight excluding hydrogens is 312 g/mol. The molecular formula is C21H26N2O2. The molecule has 0 atom stereocenters.